The van der Waals surface area contributed by atoms with Gasteiger partial charge in [0.25, 0.3) is 5.91 Å². The van der Waals surface area contributed by atoms with Gasteiger partial charge in [0.2, 0.25) is 10.0 Å². The second-order valence-corrected chi connectivity index (χ2v) is 8.26. The molecule has 0 unspecified atom stereocenters. The van der Waals surface area contributed by atoms with Gasteiger partial charge in [-0.15, -0.1) is 0 Å². The van der Waals surface area contributed by atoms with Crippen molar-refractivity contribution in [1.82, 2.24) is 5.43 Å². The molecule has 0 atom stereocenters. The van der Waals surface area contributed by atoms with Crippen molar-refractivity contribution >= 4 is 27.8 Å². The number of carbonyl (C=O) groups excluding carboxylic acids is 1. The molecule has 0 fully saturated rings. The van der Waals surface area contributed by atoms with E-state index in [0.717, 1.165) is 33.0 Å². The van der Waals surface area contributed by atoms with Gasteiger partial charge < -0.3 is 4.74 Å². The zero-order valence-electron chi connectivity index (χ0n) is 16.5. The molecule has 2 aromatic rings. The number of rotatable bonds is 8. The first-order valence-electron chi connectivity index (χ1n) is 8.80. The van der Waals surface area contributed by atoms with Crippen LogP contribution < -0.4 is 14.5 Å². The Morgan fingerprint density at radius 3 is 2.43 bits per heavy atom. The van der Waals surface area contributed by atoms with Gasteiger partial charge in [-0.25, -0.2) is 13.8 Å². The monoisotopic (exact) mass is 403 g/mol. The van der Waals surface area contributed by atoms with Gasteiger partial charge in [0.15, 0.2) is 0 Å². The minimum atomic E-state index is -3.63. The Balaban J connectivity index is 2.05. The summed E-state index contributed by atoms with van der Waals surface area (Å²) in [5.74, 6) is 0.216. The lowest BCUT2D eigenvalue weighted by molar-refractivity contribution is -0.119. The van der Waals surface area contributed by atoms with E-state index in [2.05, 4.69) is 10.5 Å². The van der Waals surface area contributed by atoms with Gasteiger partial charge in [0.05, 0.1) is 24.8 Å². The fourth-order valence-corrected chi connectivity index (χ4v) is 3.54. The molecule has 8 heteroatoms. The van der Waals surface area contributed by atoms with E-state index in [9.17, 15) is 13.2 Å². The molecule has 0 aliphatic heterocycles. The average Bonchev–Trinajstić information content (AvgIpc) is 2.61. The van der Waals surface area contributed by atoms with Gasteiger partial charge >= 0.3 is 0 Å². The van der Waals surface area contributed by atoms with Gasteiger partial charge in [-0.3, -0.25) is 9.10 Å². The lowest BCUT2D eigenvalue weighted by Crippen LogP contribution is -2.39. The number of nitrogens with one attached hydrogen (secondary N) is 1. The number of ether oxygens (including phenoxy) is 1. The van der Waals surface area contributed by atoms with E-state index in [1.54, 1.807) is 30.3 Å². The molecule has 0 saturated carbocycles. The van der Waals surface area contributed by atoms with Gasteiger partial charge in [0.1, 0.15) is 12.3 Å². The number of hydrogen-bond acceptors (Lipinski definition) is 5. The third-order valence-electron chi connectivity index (χ3n) is 3.90. The number of amides is 1. The highest BCUT2D eigenvalue weighted by Crippen LogP contribution is 2.23. The highest BCUT2D eigenvalue weighted by atomic mass is 32.2. The van der Waals surface area contributed by atoms with Crippen LogP contribution in [0.15, 0.2) is 47.6 Å². The minimum absolute atomic E-state index is 0.358. The van der Waals surface area contributed by atoms with Crippen LogP contribution in [0.1, 0.15) is 23.6 Å². The summed E-state index contributed by atoms with van der Waals surface area (Å²) in [5.41, 5.74) is 5.40. The summed E-state index contributed by atoms with van der Waals surface area (Å²) in [5, 5.41) is 3.90. The van der Waals surface area contributed by atoms with Gasteiger partial charge in [-0.05, 0) is 62.2 Å². The number of nitrogens with zero attached hydrogens (tertiary/aromatic N) is 2. The molecule has 0 aliphatic rings. The van der Waals surface area contributed by atoms with Crippen LogP contribution in [0.25, 0.3) is 0 Å². The molecule has 0 radical (unpaired) electrons. The van der Waals surface area contributed by atoms with E-state index in [1.165, 1.54) is 6.21 Å². The average molecular weight is 404 g/mol. The smallest absolute Gasteiger partial charge is 0.260 e. The van der Waals surface area contributed by atoms with Crippen molar-refractivity contribution in [2.24, 2.45) is 5.10 Å². The van der Waals surface area contributed by atoms with Gasteiger partial charge in [-0.1, -0.05) is 17.7 Å². The third kappa shape index (κ3) is 6.09. The molecule has 28 heavy (non-hydrogen) atoms. The molecule has 2 rings (SSSR count). The zero-order valence-corrected chi connectivity index (χ0v) is 17.3. The maximum Gasteiger partial charge on any atom is 0.260 e. The second kappa shape index (κ2) is 9.36. The number of aryl methyl sites for hydroxylation is 2. The van der Waals surface area contributed by atoms with Crippen LogP contribution in [-0.2, 0) is 14.8 Å². The Morgan fingerprint density at radius 2 is 1.86 bits per heavy atom. The molecule has 1 N–H and O–H groups in total. The van der Waals surface area contributed by atoms with Gasteiger partial charge in [0, 0.05) is 0 Å². The van der Waals surface area contributed by atoms with Crippen molar-refractivity contribution in [3.05, 3.63) is 59.2 Å². The summed E-state index contributed by atoms with van der Waals surface area (Å²) in [6, 6.07) is 12.6. The third-order valence-corrected chi connectivity index (χ3v) is 5.03. The molecule has 0 heterocycles. The summed E-state index contributed by atoms with van der Waals surface area (Å²) in [6.07, 6.45) is 2.55. The molecule has 0 aromatic heterocycles. The maximum atomic E-state index is 12.2. The topological polar surface area (TPSA) is 88.1 Å². The molecule has 7 nitrogen and oxygen atoms in total. The van der Waals surface area contributed by atoms with Crippen LogP contribution in [-0.4, -0.2) is 39.9 Å². The molecular formula is C20H25N3O4S. The number of carbonyl (C=O) groups is 1. The largest absolute Gasteiger partial charge is 0.494 e. The number of hydrazone groups is 1. The van der Waals surface area contributed by atoms with Crippen molar-refractivity contribution < 1.29 is 17.9 Å². The Morgan fingerprint density at radius 1 is 1.18 bits per heavy atom. The van der Waals surface area contributed by atoms with Crippen LogP contribution >= 0.6 is 0 Å². The first kappa shape index (κ1) is 21.4. The number of anilines is 1. The normalized spacial score (nSPS) is 11.4. The van der Waals surface area contributed by atoms with Crippen LogP contribution in [0.3, 0.4) is 0 Å². The molecule has 0 bridgehead atoms. The Labute approximate surface area is 166 Å². The molecular weight excluding hydrogens is 378 g/mol. The van der Waals surface area contributed by atoms with Crippen molar-refractivity contribution in [2.45, 2.75) is 20.8 Å². The number of sulfonamides is 1. The molecule has 1 amide bonds. The highest BCUT2D eigenvalue weighted by Gasteiger charge is 2.22. The van der Waals surface area contributed by atoms with E-state index >= 15 is 0 Å². The van der Waals surface area contributed by atoms with Crippen LogP contribution in [0.5, 0.6) is 5.75 Å². The first-order chi connectivity index (χ1) is 13.2. The van der Waals surface area contributed by atoms with E-state index in [1.807, 2.05) is 32.9 Å². The number of benzene rings is 2. The highest BCUT2D eigenvalue weighted by molar-refractivity contribution is 7.92. The van der Waals surface area contributed by atoms with Crippen molar-refractivity contribution in [3.8, 4) is 5.75 Å². The fraction of sp³-hybridized carbons (Fsp3) is 0.300. The van der Waals surface area contributed by atoms with E-state index in [4.69, 9.17) is 4.74 Å². The van der Waals surface area contributed by atoms with E-state index in [-0.39, 0.29) is 6.54 Å². The first-order valence-corrected chi connectivity index (χ1v) is 10.6. The zero-order chi connectivity index (χ0) is 20.7. The second-order valence-electron chi connectivity index (χ2n) is 6.35. The van der Waals surface area contributed by atoms with Crippen LogP contribution in [0.2, 0.25) is 0 Å². The lowest BCUT2D eigenvalue weighted by Gasteiger charge is -2.23. The van der Waals surface area contributed by atoms with Crippen LogP contribution in [0.4, 0.5) is 5.69 Å². The molecule has 0 aliphatic carbocycles. The van der Waals surface area contributed by atoms with Gasteiger partial charge in [-0.2, -0.15) is 5.10 Å². The van der Waals surface area contributed by atoms with E-state index in [0.29, 0.717) is 12.3 Å². The summed E-state index contributed by atoms with van der Waals surface area (Å²) in [6.45, 7) is 5.86. The maximum absolute atomic E-state index is 12.2. The van der Waals surface area contributed by atoms with Crippen molar-refractivity contribution in [3.63, 3.8) is 0 Å². The predicted octanol–water partition coefficient (Wildman–Crippen LogP) is 2.62. The SMILES string of the molecule is CCOc1ccc(/C=N\NC(=O)CN(c2ccc(C)cc2C)S(C)(=O)=O)cc1. The molecule has 150 valence electrons. The summed E-state index contributed by atoms with van der Waals surface area (Å²) in [4.78, 5) is 12.2. The van der Waals surface area contributed by atoms with Crippen molar-refractivity contribution in [1.29, 1.82) is 0 Å². The Kier molecular flexibility index (Phi) is 7.17. The summed E-state index contributed by atoms with van der Waals surface area (Å²) < 4.78 is 30.8. The lowest BCUT2D eigenvalue weighted by atomic mass is 10.1. The van der Waals surface area contributed by atoms with E-state index < -0.39 is 15.9 Å². The molecule has 0 spiro atoms. The molecule has 2 aromatic carbocycles. The minimum Gasteiger partial charge on any atom is -0.494 e. The molecule has 0 saturated heterocycles. The summed E-state index contributed by atoms with van der Waals surface area (Å²) in [7, 11) is -3.63. The Bertz CT molecular complexity index is 954. The fourth-order valence-electron chi connectivity index (χ4n) is 2.63. The van der Waals surface area contributed by atoms with Crippen LogP contribution in [0, 0.1) is 13.8 Å². The van der Waals surface area contributed by atoms with Crippen molar-refractivity contribution in [2.75, 3.05) is 23.7 Å². The Hall–Kier alpha value is -2.87. The summed E-state index contributed by atoms with van der Waals surface area (Å²) >= 11 is 0. The standard InChI is InChI=1S/C20H25N3O4S/c1-5-27-18-9-7-17(8-10-18)13-21-22-20(24)14-23(28(4,25)26)19-11-6-15(2)12-16(19)3/h6-13H,5,14H2,1-4H3,(H,22,24)/b21-13-. The predicted molar refractivity (Wildman–Crippen MR) is 111 cm³/mol. The number of hydrogen-bond donors (Lipinski definition) is 1. The quantitative estimate of drug-likeness (QED) is 0.542.